The molecule has 1 unspecified atom stereocenters. The van der Waals surface area contributed by atoms with E-state index in [0.717, 1.165) is 0 Å². The van der Waals surface area contributed by atoms with Crippen LogP contribution in [0.5, 0.6) is 0 Å². The Morgan fingerprint density at radius 2 is 1.86 bits per heavy atom. The maximum absolute atomic E-state index is 12.0. The van der Waals surface area contributed by atoms with Gasteiger partial charge in [-0.3, -0.25) is 4.79 Å². The van der Waals surface area contributed by atoms with Crippen LogP contribution in [-0.2, 0) is 14.8 Å². The van der Waals surface area contributed by atoms with Crippen LogP contribution in [0.3, 0.4) is 0 Å². The number of carbonyl (C=O) groups is 1. The molecule has 1 aromatic rings. The van der Waals surface area contributed by atoms with E-state index in [2.05, 4.69) is 10.0 Å². The van der Waals surface area contributed by atoms with Gasteiger partial charge in [0.15, 0.2) is 0 Å². The number of hydrogen-bond acceptors (Lipinski definition) is 4. The molecule has 0 aliphatic heterocycles. The average molecular weight is 314 g/mol. The van der Waals surface area contributed by atoms with Crippen molar-refractivity contribution in [3.05, 3.63) is 30.3 Å². The number of sulfonamides is 1. The first-order valence-corrected chi connectivity index (χ1v) is 8.30. The molecule has 0 aliphatic carbocycles. The molecule has 0 fully saturated rings. The fourth-order valence-corrected chi connectivity index (χ4v) is 2.82. The van der Waals surface area contributed by atoms with E-state index < -0.39 is 15.9 Å². The lowest BCUT2D eigenvalue weighted by Crippen LogP contribution is -2.44. The molecule has 0 spiro atoms. The molecule has 6 nitrogen and oxygen atoms in total. The molecule has 1 aromatic carbocycles. The Hall–Kier alpha value is -1.44. The standard InChI is InChI=1S/C14H22N2O4S/c1-11(2)13(8-9-17)16-14(18)10-15-21(19,20)12-6-4-3-5-7-12/h3-7,11,13,15,17H,8-10H2,1-2H3,(H,16,18). The van der Waals surface area contributed by atoms with Crippen LogP contribution in [0.4, 0.5) is 0 Å². The molecule has 3 N–H and O–H groups in total. The van der Waals surface area contributed by atoms with Crippen LogP contribution in [0.25, 0.3) is 0 Å². The summed E-state index contributed by atoms with van der Waals surface area (Å²) in [5, 5.41) is 11.7. The minimum Gasteiger partial charge on any atom is -0.396 e. The third-order valence-corrected chi connectivity index (χ3v) is 4.48. The van der Waals surface area contributed by atoms with Crippen LogP contribution < -0.4 is 10.0 Å². The Labute approximate surface area is 125 Å². The van der Waals surface area contributed by atoms with Crippen molar-refractivity contribution in [1.82, 2.24) is 10.0 Å². The fraction of sp³-hybridized carbons (Fsp3) is 0.500. The van der Waals surface area contributed by atoms with Gasteiger partial charge in [0.1, 0.15) is 0 Å². The SMILES string of the molecule is CC(C)C(CCO)NC(=O)CNS(=O)(=O)c1ccccc1. The van der Waals surface area contributed by atoms with Crippen molar-refractivity contribution in [3.8, 4) is 0 Å². The van der Waals surface area contributed by atoms with Crippen molar-refractivity contribution in [3.63, 3.8) is 0 Å². The maximum Gasteiger partial charge on any atom is 0.241 e. The smallest absolute Gasteiger partial charge is 0.241 e. The first kappa shape index (κ1) is 17.6. The number of nitrogens with one attached hydrogen (secondary N) is 2. The summed E-state index contributed by atoms with van der Waals surface area (Å²) in [6, 6.07) is 7.69. The minimum absolute atomic E-state index is 0.0289. The second-order valence-electron chi connectivity index (χ2n) is 5.07. The molecule has 1 rings (SSSR count). The molecule has 0 heterocycles. The maximum atomic E-state index is 12.0. The summed E-state index contributed by atoms with van der Waals surface area (Å²) in [6.45, 7) is 3.49. The molecule has 1 amide bonds. The molecule has 0 radical (unpaired) electrons. The van der Waals surface area contributed by atoms with E-state index in [1.54, 1.807) is 18.2 Å². The van der Waals surface area contributed by atoms with Crippen molar-refractivity contribution in [2.45, 2.75) is 31.2 Å². The van der Waals surface area contributed by atoms with E-state index in [0.29, 0.717) is 6.42 Å². The number of hydrogen-bond donors (Lipinski definition) is 3. The predicted molar refractivity (Wildman–Crippen MR) is 80.1 cm³/mol. The van der Waals surface area contributed by atoms with Crippen molar-refractivity contribution in [2.24, 2.45) is 5.92 Å². The van der Waals surface area contributed by atoms with E-state index in [4.69, 9.17) is 5.11 Å². The zero-order valence-electron chi connectivity index (χ0n) is 12.2. The predicted octanol–water partition coefficient (Wildman–Crippen LogP) is 0.488. The lowest BCUT2D eigenvalue weighted by molar-refractivity contribution is -0.121. The summed E-state index contributed by atoms with van der Waals surface area (Å²) in [5.74, 6) is -0.256. The largest absolute Gasteiger partial charge is 0.396 e. The topological polar surface area (TPSA) is 95.5 Å². The molecule has 0 bridgehead atoms. The van der Waals surface area contributed by atoms with E-state index in [-0.39, 0.29) is 30.0 Å². The molecule has 21 heavy (non-hydrogen) atoms. The Bertz CT molecular complexity index is 543. The number of benzene rings is 1. The second-order valence-corrected chi connectivity index (χ2v) is 6.83. The normalized spacial score (nSPS) is 13.1. The first-order chi connectivity index (χ1) is 9.86. The average Bonchev–Trinajstić information content (AvgIpc) is 2.45. The van der Waals surface area contributed by atoms with Gasteiger partial charge in [-0.05, 0) is 24.5 Å². The third-order valence-electron chi connectivity index (χ3n) is 3.07. The van der Waals surface area contributed by atoms with Gasteiger partial charge in [0.25, 0.3) is 0 Å². The quantitative estimate of drug-likeness (QED) is 0.650. The monoisotopic (exact) mass is 314 g/mol. The lowest BCUT2D eigenvalue weighted by atomic mass is 10.0. The van der Waals surface area contributed by atoms with Gasteiger partial charge in [-0.15, -0.1) is 0 Å². The Morgan fingerprint density at radius 3 is 2.38 bits per heavy atom. The van der Waals surface area contributed by atoms with Crippen LogP contribution in [0.1, 0.15) is 20.3 Å². The molecular weight excluding hydrogens is 292 g/mol. The van der Waals surface area contributed by atoms with Crippen molar-refractivity contribution < 1.29 is 18.3 Å². The van der Waals surface area contributed by atoms with Gasteiger partial charge in [-0.25, -0.2) is 13.1 Å². The molecule has 0 saturated heterocycles. The van der Waals surface area contributed by atoms with Crippen LogP contribution >= 0.6 is 0 Å². The van der Waals surface area contributed by atoms with Gasteiger partial charge in [0.05, 0.1) is 11.4 Å². The van der Waals surface area contributed by atoms with Gasteiger partial charge >= 0.3 is 0 Å². The van der Waals surface area contributed by atoms with E-state index in [1.807, 2.05) is 13.8 Å². The van der Waals surface area contributed by atoms with Crippen LogP contribution in [0.2, 0.25) is 0 Å². The van der Waals surface area contributed by atoms with Crippen LogP contribution in [0, 0.1) is 5.92 Å². The van der Waals surface area contributed by atoms with E-state index in [1.165, 1.54) is 12.1 Å². The van der Waals surface area contributed by atoms with Crippen molar-refractivity contribution in [1.29, 1.82) is 0 Å². The molecule has 1 atom stereocenters. The molecule has 0 aliphatic rings. The van der Waals surface area contributed by atoms with Gasteiger partial charge in [0.2, 0.25) is 15.9 Å². The summed E-state index contributed by atoms with van der Waals surface area (Å²) >= 11 is 0. The Kier molecular flexibility index (Phi) is 6.80. The molecule has 118 valence electrons. The zero-order chi connectivity index (χ0) is 15.9. The second kappa shape index (κ2) is 8.11. The highest BCUT2D eigenvalue weighted by Crippen LogP contribution is 2.07. The third kappa shape index (κ3) is 5.82. The highest BCUT2D eigenvalue weighted by molar-refractivity contribution is 7.89. The fourth-order valence-electron chi connectivity index (χ4n) is 1.81. The summed E-state index contributed by atoms with van der Waals surface area (Å²) in [6.07, 6.45) is 0.439. The number of amides is 1. The van der Waals surface area contributed by atoms with Crippen LogP contribution in [-0.4, -0.2) is 38.6 Å². The first-order valence-electron chi connectivity index (χ1n) is 6.81. The highest BCUT2D eigenvalue weighted by atomic mass is 32.2. The van der Waals surface area contributed by atoms with Crippen molar-refractivity contribution >= 4 is 15.9 Å². The summed E-state index contributed by atoms with van der Waals surface area (Å²) in [4.78, 5) is 11.9. The van der Waals surface area contributed by atoms with Gasteiger partial charge in [0, 0.05) is 12.6 Å². The molecule has 0 saturated carbocycles. The van der Waals surface area contributed by atoms with Gasteiger partial charge < -0.3 is 10.4 Å². The summed E-state index contributed by atoms with van der Waals surface area (Å²) in [7, 11) is -3.68. The van der Waals surface area contributed by atoms with Gasteiger partial charge in [-0.1, -0.05) is 32.0 Å². The van der Waals surface area contributed by atoms with Gasteiger partial charge in [-0.2, -0.15) is 0 Å². The van der Waals surface area contributed by atoms with E-state index in [9.17, 15) is 13.2 Å². The Balaban J connectivity index is 2.56. The number of aliphatic hydroxyl groups excluding tert-OH is 1. The summed E-state index contributed by atoms with van der Waals surface area (Å²) < 4.78 is 26.2. The Morgan fingerprint density at radius 1 is 1.24 bits per heavy atom. The lowest BCUT2D eigenvalue weighted by Gasteiger charge is -2.21. The highest BCUT2D eigenvalue weighted by Gasteiger charge is 2.18. The number of aliphatic hydroxyl groups is 1. The van der Waals surface area contributed by atoms with E-state index >= 15 is 0 Å². The van der Waals surface area contributed by atoms with Crippen molar-refractivity contribution in [2.75, 3.05) is 13.2 Å². The molecule has 7 heteroatoms. The minimum atomic E-state index is -3.68. The molecule has 0 aromatic heterocycles. The zero-order valence-corrected chi connectivity index (χ0v) is 13.1. The van der Waals surface area contributed by atoms with Crippen LogP contribution in [0.15, 0.2) is 35.2 Å². The number of carbonyl (C=O) groups excluding carboxylic acids is 1. The number of rotatable bonds is 8. The summed E-state index contributed by atoms with van der Waals surface area (Å²) in [5.41, 5.74) is 0. The molecular formula is C14H22N2O4S.